The molecule has 2 heterocycles. The van der Waals surface area contributed by atoms with E-state index in [2.05, 4.69) is 11.4 Å². The molecule has 0 saturated carbocycles. The van der Waals surface area contributed by atoms with Crippen molar-refractivity contribution in [1.29, 1.82) is 5.26 Å². The molecular weight excluding hydrogens is 252 g/mol. The van der Waals surface area contributed by atoms with Crippen molar-refractivity contribution < 1.29 is 4.79 Å². The maximum absolute atomic E-state index is 12.1. The van der Waals surface area contributed by atoms with E-state index in [1.165, 1.54) is 11.3 Å². The lowest BCUT2D eigenvalue weighted by Gasteiger charge is -2.20. The molecule has 0 bridgehead atoms. The molecule has 1 amide bonds. The molecule has 1 aromatic rings. The van der Waals surface area contributed by atoms with E-state index in [9.17, 15) is 10.1 Å². The Balaban J connectivity index is 2.14. The van der Waals surface area contributed by atoms with Crippen LogP contribution in [0.2, 0.25) is 0 Å². The SMILES string of the molecule is Cc1cc(C(=O)NC2(C#N)CCSC2)sc1C. The van der Waals surface area contributed by atoms with Crippen molar-refractivity contribution >= 4 is 29.0 Å². The smallest absolute Gasteiger partial charge is 0.262 e. The van der Waals surface area contributed by atoms with Gasteiger partial charge in [0, 0.05) is 10.6 Å². The standard InChI is InChI=1S/C12H14N2OS2/c1-8-5-10(17-9(8)2)11(15)14-12(6-13)3-4-16-7-12/h5H,3-4,7H2,1-2H3,(H,14,15). The van der Waals surface area contributed by atoms with Crippen molar-refractivity contribution in [3.63, 3.8) is 0 Å². The van der Waals surface area contributed by atoms with Gasteiger partial charge in [0.2, 0.25) is 0 Å². The highest BCUT2D eigenvalue weighted by atomic mass is 32.2. The van der Waals surface area contributed by atoms with Gasteiger partial charge in [0.1, 0.15) is 5.54 Å². The van der Waals surface area contributed by atoms with Gasteiger partial charge in [0.05, 0.1) is 10.9 Å². The Bertz CT molecular complexity index is 462. The van der Waals surface area contributed by atoms with Gasteiger partial charge in [-0.15, -0.1) is 11.3 Å². The van der Waals surface area contributed by atoms with Crippen molar-refractivity contribution in [2.75, 3.05) is 11.5 Å². The Morgan fingerprint density at radius 1 is 1.59 bits per heavy atom. The minimum absolute atomic E-state index is 0.116. The maximum atomic E-state index is 12.1. The number of hydrogen-bond donors (Lipinski definition) is 1. The molecule has 1 aromatic heterocycles. The third kappa shape index (κ3) is 2.48. The number of carbonyl (C=O) groups is 1. The summed E-state index contributed by atoms with van der Waals surface area (Å²) in [6.45, 7) is 4.00. The summed E-state index contributed by atoms with van der Waals surface area (Å²) in [5.74, 6) is 1.52. The lowest BCUT2D eigenvalue weighted by Crippen LogP contribution is -2.47. The van der Waals surface area contributed by atoms with Gasteiger partial charge in [-0.05, 0) is 37.7 Å². The molecule has 1 N–H and O–H groups in total. The van der Waals surface area contributed by atoms with E-state index in [0.717, 1.165) is 22.6 Å². The molecule has 2 rings (SSSR count). The van der Waals surface area contributed by atoms with Gasteiger partial charge in [-0.2, -0.15) is 17.0 Å². The lowest BCUT2D eigenvalue weighted by atomic mass is 10.0. The first-order valence-corrected chi connectivity index (χ1v) is 7.42. The second-order valence-electron chi connectivity index (χ2n) is 4.30. The van der Waals surface area contributed by atoms with Crippen LogP contribution < -0.4 is 5.32 Å². The first-order valence-electron chi connectivity index (χ1n) is 5.45. The molecule has 3 nitrogen and oxygen atoms in total. The monoisotopic (exact) mass is 266 g/mol. The highest BCUT2D eigenvalue weighted by molar-refractivity contribution is 7.99. The van der Waals surface area contributed by atoms with Gasteiger partial charge in [0.25, 0.3) is 5.91 Å². The normalized spacial score (nSPS) is 23.4. The van der Waals surface area contributed by atoms with Crippen molar-refractivity contribution in [2.24, 2.45) is 0 Å². The second-order valence-corrected chi connectivity index (χ2v) is 6.66. The zero-order valence-corrected chi connectivity index (χ0v) is 11.5. The number of nitrogens with zero attached hydrogens (tertiary/aromatic N) is 1. The van der Waals surface area contributed by atoms with Crippen molar-refractivity contribution in [2.45, 2.75) is 25.8 Å². The fourth-order valence-electron chi connectivity index (χ4n) is 1.74. The quantitative estimate of drug-likeness (QED) is 0.894. The number of hydrogen-bond acceptors (Lipinski definition) is 4. The Morgan fingerprint density at radius 3 is 2.82 bits per heavy atom. The summed E-state index contributed by atoms with van der Waals surface area (Å²) in [6.07, 6.45) is 0.739. The van der Waals surface area contributed by atoms with Crippen LogP contribution in [0, 0.1) is 25.2 Å². The number of nitrogens with one attached hydrogen (secondary N) is 1. The maximum Gasteiger partial charge on any atom is 0.262 e. The van der Waals surface area contributed by atoms with Crippen LogP contribution in [0.15, 0.2) is 6.07 Å². The summed E-state index contributed by atoms with van der Waals surface area (Å²) < 4.78 is 0. The number of aryl methyl sites for hydroxylation is 2. The average molecular weight is 266 g/mol. The molecule has 1 saturated heterocycles. The molecule has 17 heavy (non-hydrogen) atoms. The summed E-state index contributed by atoms with van der Waals surface area (Å²) in [4.78, 5) is 13.9. The molecule has 0 aliphatic carbocycles. The molecule has 0 spiro atoms. The second kappa shape index (κ2) is 4.71. The summed E-state index contributed by atoms with van der Waals surface area (Å²) in [5, 5.41) is 12.1. The highest BCUT2D eigenvalue weighted by Crippen LogP contribution is 2.28. The van der Waals surface area contributed by atoms with Crippen LogP contribution >= 0.6 is 23.1 Å². The highest BCUT2D eigenvalue weighted by Gasteiger charge is 2.36. The molecule has 1 atom stereocenters. The molecule has 0 aromatic carbocycles. The van der Waals surface area contributed by atoms with Gasteiger partial charge in [-0.1, -0.05) is 0 Å². The Hall–Kier alpha value is -0.990. The van der Waals surface area contributed by atoms with Crippen molar-refractivity contribution in [3.8, 4) is 6.07 Å². The molecule has 5 heteroatoms. The topological polar surface area (TPSA) is 52.9 Å². The molecule has 1 aliphatic heterocycles. The number of carbonyl (C=O) groups excluding carboxylic acids is 1. The zero-order chi connectivity index (χ0) is 12.5. The molecule has 1 fully saturated rings. The van der Waals surface area contributed by atoms with E-state index >= 15 is 0 Å². The fourth-order valence-corrected chi connectivity index (χ4v) is 3.94. The first kappa shape index (κ1) is 12.5. The van der Waals surface area contributed by atoms with E-state index in [-0.39, 0.29) is 5.91 Å². The summed E-state index contributed by atoms with van der Waals surface area (Å²) >= 11 is 3.20. The summed E-state index contributed by atoms with van der Waals surface area (Å²) in [6, 6.07) is 4.14. The Morgan fingerprint density at radius 2 is 2.35 bits per heavy atom. The number of thiophene rings is 1. The van der Waals surface area contributed by atoms with E-state index in [4.69, 9.17) is 0 Å². The predicted molar refractivity (Wildman–Crippen MR) is 71.5 cm³/mol. The predicted octanol–water partition coefficient (Wildman–Crippen LogP) is 2.49. The van der Waals surface area contributed by atoms with E-state index in [1.807, 2.05) is 19.9 Å². The van der Waals surface area contributed by atoms with Gasteiger partial charge in [-0.3, -0.25) is 4.79 Å². The first-order chi connectivity index (χ1) is 8.06. The minimum Gasteiger partial charge on any atom is -0.332 e. The van der Waals surface area contributed by atoms with Crippen LogP contribution in [0.4, 0.5) is 0 Å². The van der Waals surface area contributed by atoms with Crippen LogP contribution in [-0.4, -0.2) is 23.0 Å². The van der Waals surface area contributed by atoms with E-state index in [1.54, 1.807) is 11.8 Å². The Labute approximate surface area is 109 Å². The largest absolute Gasteiger partial charge is 0.332 e. The van der Waals surface area contributed by atoms with Gasteiger partial charge < -0.3 is 5.32 Å². The van der Waals surface area contributed by atoms with Crippen molar-refractivity contribution in [1.82, 2.24) is 5.32 Å². The summed E-state index contributed by atoms with van der Waals surface area (Å²) in [7, 11) is 0. The van der Waals surface area contributed by atoms with Crippen molar-refractivity contribution in [3.05, 3.63) is 21.4 Å². The van der Waals surface area contributed by atoms with Crippen LogP contribution in [0.5, 0.6) is 0 Å². The molecule has 0 radical (unpaired) electrons. The number of rotatable bonds is 2. The molecule has 90 valence electrons. The van der Waals surface area contributed by atoms with Crippen LogP contribution in [0.1, 0.15) is 26.5 Å². The average Bonchev–Trinajstić information content (AvgIpc) is 2.88. The number of amides is 1. The molecule has 1 unspecified atom stereocenters. The minimum atomic E-state index is -0.659. The van der Waals surface area contributed by atoms with Crippen LogP contribution in [0.25, 0.3) is 0 Å². The van der Waals surface area contributed by atoms with E-state index < -0.39 is 5.54 Å². The fraction of sp³-hybridized carbons (Fsp3) is 0.500. The third-order valence-corrected chi connectivity index (χ3v) is 5.32. The summed E-state index contributed by atoms with van der Waals surface area (Å²) in [5.41, 5.74) is 0.472. The number of nitriles is 1. The van der Waals surface area contributed by atoms with E-state index in [0.29, 0.717) is 10.6 Å². The molecule has 1 aliphatic rings. The number of thioether (sulfide) groups is 1. The van der Waals surface area contributed by atoms with Crippen LogP contribution in [0.3, 0.4) is 0 Å². The third-order valence-electron chi connectivity index (χ3n) is 2.98. The van der Waals surface area contributed by atoms with Gasteiger partial charge in [0.15, 0.2) is 0 Å². The van der Waals surface area contributed by atoms with Crippen LogP contribution in [-0.2, 0) is 0 Å². The van der Waals surface area contributed by atoms with Gasteiger partial charge >= 0.3 is 0 Å². The Kier molecular flexibility index (Phi) is 3.45. The zero-order valence-electron chi connectivity index (χ0n) is 9.87. The lowest BCUT2D eigenvalue weighted by molar-refractivity contribution is 0.0930. The van der Waals surface area contributed by atoms with Gasteiger partial charge in [-0.25, -0.2) is 0 Å². The molecular formula is C12H14N2OS2.